The lowest BCUT2D eigenvalue weighted by atomic mass is 10.2. The molecule has 0 saturated heterocycles. The summed E-state index contributed by atoms with van der Waals surface area (Å²) in [5, 5.41) is 13.7. The third-order valence-electron chi connectivity index (χ3n) is 4.49. The molecule has 7 nitrogen and oxygen atoms in total. The molecule has 1 amide bonds. The predicted molar refractivity (Wildman–Crippen MR) is 131 cm³/mol. The summed E-state index contributed by atoms with van der Waals surface area (Å²) in [6, 6.07) is 24.3. The maximum absolute atomic E-state index is 12.2. The maximum atomic E-state index is 12.2. The summed E-state index contributed by atoms with van der Waals surface area (Å²) < 4.78 is 7.64. The minimum Gasteiger partial charge on any atom is -0.457 e. The molecule has 0 fully saturated rings. The highest BCUT2D eigenvalue weighted by atomic mass is 35.5. The molecule has 0 spiro atoms. The van der Waals surface area contributed by atoms with Gasteiger partial charge in [-0.1, -0.05) is 65.8 Å². The number of rotatable bonds is 8. The monoisotopic (exact) mass is 477 g/mol. The average Bonchev–Trinajstić information content (AvgIpc) is 3.19. The Balaban J connectivity index is 1.30. The minimum atomic E-state index is -0.250. The lowest BCUT2D eigenvalue weighted by Gasteiger charge is -2.06. The van der Waals surface area contributed by atoms with Gasteiger partial charge in [0.2, 0.25) is 0 Å². The molecule has 0 aliphatic rings. The second-order valence-corrected chi connectivity index (χ2v) is 8.32. The van der Waals surface area contributed by atoms with E-state index >= 15 is 0 Å². The first-order chi connectivity index (χ1) is 16.1. The van der Waals surface area contributed by atoms with Gasteiger partial charge in [-0.15, -0.1) is 10.2 Å². The van der Waals surface area contributed by atoms with Crippen LogP contribution >= 0.6 is 23.4 Å². The molecule has 166 valence electrons. The van der Waals surface area contributed by atoms with Crippen molar-refractivity contribution < 1.29 is 9.53 Å². The Morgan fingerprint density at radius 2 is 1.85 bits per heavy atom. The van der Waals surface area contributed by atoms with Crippen molar-refractivity contribution in [1.29, 1.82) is 0 Å². The van der Waals surface area contributed by atoms with Crippen LogP contribution in [0.4, 0.5) is 0 Å². The third kappa shape index (κ3) is 6.21. The molecule has 0 unspecified atom stereocenters. The van der Waals surface area contributed by atoms with Gasteiger partial charge in [0.25, 0.3) is 5.91 Å². The summed E-state index contributed by atoms with van der Waals surface area (Å²) in [5.41, 5.74) is 4.19. The number of carbonyl (C=O) groups is 1. The molecule has 33 heavy (non-hydrogen) atoms. The number of aromatic nitrogens is 3. The van der Waals surface area contributed by atoms with Crippen LogP contribution in [0, 0.1) is 0 Å². The minimum absolute atomic E-state index is 0.149. The smallest absolute Gasteiger partial charge is 0.250 e. The zero-order valence-corrected chi connectivity index (χ0v) is 19.3. The van der Waals surface area contributed by atoms with E-state index in [1.165, 1.54) is 11.8 Å². The maximum Gasteiger partial charge on any atom is 0.250 e. The van der Waals surface area contributed by atoms with Crippen molar-refractivity contribution in [2.75, 3.05) is 5.75 Å². The second-order valence-electron chi connectivity index (χ2n) is 6.95. The van der Waals surface area contributed by atoms with Crippen LogP contribution in [-0.2, 0) is 11.8 Å². The predicted octanol–water partition coefficient (Wildman–Crippen LogP) is 5.17. The number of thioether (sulfide) groups is 1. The Labute approximate surface area is 200 Å². The molecule has 0 aliphatic heterocycles. The van der Waals surface area contributed by atoms with Crippen LogP contribution in [-0.4, -0.2) is 32.6 Å². The van der Waals surface area contributed by atoms with Gasteiger partial charge in [0.05, 0.1) is 12.0 Å². The van der Waals surface area contributed by atoms with E-state index in [2.05, 4.69) is 20.7 Å². The van der Waals surface area contributed by atoms with Crippen LogP contribution < -0.4 is 10.2 Å². The highest BCUT2D eigenvalue weighted by molar-refractivity contribution is 7.99. The molecule has 1 N–H and O–H groups in total. The van der Waals surface area contributed by atoms with Gasteiger partial charge in [0, 0.05) is 17.6 Å². The number of nitrogens with one attached hydrogen (secondary N) is 1. The van der Waals surface area contributed by atoms with E-state index < -0.39 is 0 Å². The standard InChI is InChI=1S/C24H20ClN5O2S/c1-30-23(18-8-6-9-19(25)14-18)28-29-24(30)33-16-22(31)27-26-15-17-7-5-12-21(13-17)32-20-10-3-2-4-11-20/h2-15H,16H2,1H3,(H,27,31)/b26-15-. The van der Waals surface area contributed by atoms with Gasteiger partial charge in [-0.3, -0.25) is 4.79 Å². The number of ether oxygens (including phenoxy) is 1. The molecule has 0 radical (unpaired) electrons. The van der Waals surface area contributed by atoms with Gasteiger partial charge in [-0.2, -0.15) is 5.10 Å². The van der Waals surface area contributed by atoms with Crippen LogP contribution in [0.3, 0.4) is 0 Å². The van der Waals surface area contributed by atoms with Crippen LogP contribution in [0.1, 0.15) is 5.56 Å². The molecule has 4 rings (SSSR count). The molecule has 0 bridgehead atoms. The van der Waals surface area contributed by atoms with E-state index in [0.717, 1.165) is 16.9 Å². The van der Waals surface area contributed by atoms with Crippen molar-refractivity contribution in [2.45, 2.75) is 5.16 Å². The van der Waals surface area contributed by atoms with Crippen molar-refractivity contribution in [3.8, 4) is 22.9 Å². The van der Waals surface area contributed by atoms with E-state index in [1.54, 1.807) is 12.3 Å². The zero-order chi connectivity index (χ0) is 23.0. The number of hydrogen-bond acceptors (Lipinski definition) is 6. The lowest BCUT2D eigenvalue weighted by molar-refractivity contribution is -0.118. The van der Waals surface area contributed by atoms with E-state index in [4.69, 9.17) is 16.3 Å². The third-order valence-corrected chi connectivity index (χ3v) is 5.75. The van der Waals surface area contributed by atoms with Gasteiger partial charge in [0.1, 0.15) is 11.5 Å². The van der Waals surface area contributed by atoms with E-state index in [1.807, 2.05) is 84.4 Å². The zero-order valence-electron chi connectivity index (χ0n) is 17.7. The summed E-state index contributed by atoms with van der Waals surface area (Å²) in [7, 11) is 1.85. The Morgan fingerprint density at radius 1 is 1.06 bits per heavy atom. The summed E-state index contributed by atoms with van der Waals surface area (Å²) in [6.45, 7) is 0. The van der Waals surface area contributed by atoms with Gasteiger partial charge in [-0.25, -0.2) is 5.43 Å². The topological polar surface area (TPSA) is 81.4 Å². The lowest BCUT2D eigenvalue weighted by Crippen LogP contribution is -2.19. The van der Waals surface area contributed by atoms with Crippen LogP contribution in [0.2, 0.25) is 5.02 Å². The van der Waals surface area contributed by atoms with Crippen molar-refractivity contribution >= 4 is 35.5 Å². The largest absolute Gasteiger partial charge is 0.457 e. The molecule has 1 aromatic heterocycles. The summed E-state index contributed by atoms with van der Waals surface area (Å²) in [4.78, 5) is 12.2. The van der Waals surface area contributed by atoms with Crippen molar-refractivity contribution in [2.24, 2.45) is 12.1 Å². The number of halogens is 1. The Morgan fingerprint density at radius 3 is 2.67 bits per heavy atom. The first-order valence-electron chi connectivity index (χ1n) is 10.0. The Hall–Kier alpha value is -3.62. The van der Waals surface area contributed by atoms with Gasteiger partial charge in [0.15, 0.2) is 11.0 Å². The number of amides is 1. The van der Waals surface area contributed by atoms with E-state index in [-0.39, 0.29) is 11.7 Å². The molecule has 3 aromatic carbocycles. The number of hydrazone groups is 1. The van der Waals surface area contributed by atoms with Crippen molar-refractivity contribution in [1.82, 2.24) is 20.2 Å². The van der Waals surface area contributed by atoms with Crippen LogP contribution in [0.15, 0.2) is 89.1 Å². The molecular formula is C24H20ClN5O2S. The molecular weight excluding hydrogens is 458 g/mol. The number of carbonyl (C=O) groups excluding carboxylic acids is 1. The van der Waals surface area contributed by atoms with E-state index in [9.17, 15) is 4.79 Å². The van der Waals surface area contributed by atoms with Crippen molar-refractivity contribution in [3.63, 3.8) is 0 Å². The van der Waals surface area contributed by atoms with Crippen LogP contribution in [0.25, 0.3) is 11.4 Å². The molecule has 9 heteroatoms. The fourth-order valence-corrected chi connectivity index (χ4v) is 3.84. The number of para-hydroxylation sites is 1. The second kappa shape index (κ2) is 10.8. The molecule has 4 aromatic rings. The highest BCUT2D eigenvalue weighted by Gasteiger charge is 2.13. The van der Waals surface area contributed by atoms with Gasteiger partial charge >= 0.3 is 0 Å². The molecule has 0 saturated carbocycles. The Bertz CT molecular complexity index is 1280. The number of nitrogens with zero attached hydrogens (tertiary/aromatic N) is 4. The van der Waals surface area contributed by atoms with Crippen LogP contribution in [0.5, 0.6) is 11.5 Å². The molecule has 0 atom stereocenters. The summed E-state index contributed by atoms with van der Waals surface area (Å²) >= 11 is 7.33. The Kier molecular flexibility index (Phi) is 7.39. The van der Waals surface area contributed by atoms with Gasteiger partial charge < -0.3 is 9.30 Å². The van der Waals surface area contributed by atoms with E-state index in [0.29, 0.717) is 21.8 Å². The molecule has 1 heterocycles. The quantitative estimate of drug-likeness (QED) is 0.215. The fourth-order valence-electron chi connectivity index (χ4n) is 2.94. The first-order valence-corrected chi connectivity index (χ1v) is 11.4. The SMILES string of the molecule is Cn1c(SCC(=O)N/N=C\c2cccc(Oc3ccccc3)c2)nnc1-c1cccc(Cl)c1. The fraction of sp³-hybridized carbons (Fsp3) is 0.0833. The average molecular weight is 478 g/mol. The molecule has 0 aliphatic carbocycles. The highest BCUT2D eigenvalue weighted by Crippen LogP contribution is 2.24. The number of hydrogen-bond donors (Lipinski definition) is 1. The van der Waals surface area contributed by atoms with Crippen molar-refractivity contribution in [3.05, 3.63) is 89.4 Å². The van der Waals surface area contributed by atoms with Gasteiger partial charge in [-0.05, 0) is 42.0 Å². The summed E-state index contributed by atoms with van der Waals surface area (Å²) in [6.07, 6.45) is 1.57. The normalized spacial score (nSPS) is 11.0. The number of benzene rings is 3. The summed E-state index contributed by atoms with van der Waals surface area (Å²) in [5.74, 6) is 2.01. The first kappa shape index (κ1) is 22.6.